The summed E-state index contributed by atoms with van der Waals surface area (Å²) >= 11 is 5.99. The minimum atomic E-state index is -0.312. The Kier molecular flexibility index (Phi) is 5.17. The van der Waals surface area contributed by atoms with Gasteiger partial charge in [0.1, 0.15) is 18.2 Å². The Hall–Kier alpha value is -2.07. The van der Waals surface area contributed by atoms with Gasteiger partial charge in [0, 0.05) is 7.05 Å². The van der Waals surface area contributed by atoms with E-state index in [1.54, 1.807) is 43.4 Å². The van der Waals surface area contributed by atoms with E-state index in [4.69, 9.17) is 16.3 Å². The normalized spacial score (nSPS) is 10.2. The summed E-state index contributed by atoms with van der Waals surface area (Å²) in [5.41, 5.74) is 0.462. The summed E-state index contributed by atoms with van der Waals surface area (Å²) in [7, 11) is 1.68. The molecule has 0 N–H and O–H groups in total. The molecule has 0 heterocycles. The van der Waals surface area contributed by atoms with E-state index in [1.165, 1.54) is 17.0 Å². The second-order valence-corrected chi connectivity index (χ2v) is 4.92. The summed E-state index contributed by atoms with van der Waals surface area (Å²) in [6.07, 6.45) is 0. The number of ether oxygens (including phenoxy) is 1. The number of hydrogen-bond donors (Lipinski definition) is 0. The maximum absolute atomic E-state index is 12.7. The molecule has 2 rings (SSSR count). The molecule has 0 aliphatic carbocycles. The van der Waals surface area contributed by atoms with Crippen molar-refractivity contribution >= 4 is 17.5 Å². The Bertz CT molecular complexity index is 616. The molecule has 1 amide bonds. The molecule has 3 nitrogen and oxygen atoms in total. The van der Waals surface area contributed by atoms with Gasteiger partial charge < -0.3 is 9.64 Å². The van der Waals surface area contributed by atoms with Gasteiger partial charge in [-0.25, -0.2) is 4.39 Å². The first-order valence-corrected chi connectivity index (χ1v) is 6.84. The standard InChI is InChI=1S/C16H15ClFNO2/c1-19(16(20)14-4-2-3-5-15(14)17)10-11-21-13-8-6-12(18)7-9-13/h2-9H,10-11H2,1H3. The van der Waals surface area contributed by atoms with Gasteiger partial charge in [-0.3, -0.25) is 4.79 Å². The number of halogens is 2. The molecular formula is C16H15ClFNO2. The Morgan fingerprint density at radius 2 is 1.86 bits per heavy atom. The van der Waals surface area contributed by atoms with Crippen molar-refractivity contribution in [3.05, 3.63) is 64.9 Å². The maximum atomic E-state index is 12.7. The van der Waals surface area contributed by atoms with E-state index < -0.39 is 0 Å². The van der Waals surface area contributed by atoms with Crippen LogP contribution >= 0.6 is 11.6 Å². The van der Waals surface area contributed by atoms with Crippen molar-refractivity contribution in [1.29, 1.82) is 0 Å². The van der Waals surface area contributed by atoms with Crippen molar-refractivity contribution < 1.29 is 13.9 Å². The monoisotopic (exact) mass is 307 g/mol. The predicted octanol–water partition coefficient (Wildman–Crippen LogP) is 3.63. The maximum Gasteiger partial charge on any atom is 0.255 e. The van der Waals surface area contributed by atoms with Crippen molar-refractivity contribution in [2.75, 3.05) is 20.2 Å². The summed E-state index contributed by atoms with van der Waals surface area (Å²) in [6.45, 7) is 0.722. The molecule has 5 heteroatoms. The molecule has 0 unspecified atom stereocenters. The van der Waals surface area contributed by atoms with E-state index in [0.717, 1.165) is 0 Å². The predicted molar refractivity (Wildman–Crippen MR) is 80.3 cm³/mol. The van der Waals surface area contributed by atoms with Gasteiger partial charge in [-0.15, -0.1) is 0 Å². The van der Waals surface area contributed by atoms with Crippen molar-refractivity contribution in [3.8, 4) is 5.75 Å². The van der Waals surface area contributed by atoms with Crippen molar-refractivity contribution in [2.45, 2.75) is 0 Å². The summed E-state index contributed by atoms with van der Waals surface area (Å²) in [6, 6.07) is 12.6. The molecule has 0 spiro atoms. The van der Waals surface area contributed by atoms with Gasteiger partial charge in [0.2, 0.25) is 0 Å². The van der Waals surface area contributed by atoms with Crippen LogP contribution in [0.25, 0.3) is 0 Å². The first-order chi connectivity index (χ1) is 10.1. The van der Waals surface area contributed by atoms with Crippen molar-refractivity contribution in [1.82, 2.24) is 4.90 Å². The highest BCUT2D eigenvalue weighted by Crippen LogP contribution is 2.16. The van der Waals surface area contributed by atoms with E-state index in [1.807, 2.05) is 0 Å². The molecular weight excluding hydrogens is 293 g/mol. The molecule has 0 atom stereocenters. The minimum absolute atomic E-state index is 0.164. The van der Waals surface area contributed by atoms with Gasteiger partial charge in [0.05, 0.1) is 17.1 Å². The molecule has 0 saturated carbocycles. The second kappa shape index (κ2) is 7.09. The quantitative estimate of drug-likeness (QED) is 0.844. The topological polar surface area (TPSA) is 29.5 Å². The Morgan fingerprint density at radius 1 is 1.19 bits per heavy atom. The van der Waals surface area contributed by atoms with Gasteiger partial charge >= 0.3 is 0 Å². The minimum Gasteiger partial charge on any atom is -0.492 e. The third kappa shape index (κ3) is 4.20. The van der Waals surface area contributed by atoms with Gasteiger partial charge in [-0.05, 0) is 36.4 Å². The lowest BCUT2D eigenvalue weighted by Crippen LogP contribution is -2.31. The molecule has 0 fully saturated rings. The fourth-order valence-electron chi connectivity index (χ4n) is 1.77. The van der Waals surface area contributed by atoms with Gasteiger partial charge in [0.15, 0.2) is 0 Å². The number of amides is 1. The molecule has 110 valence electrons. The Balaban J connectivity index is 1.87. The van der Waals surface area contributed by atoms with E-state index in [2.05, 4.69) is 0 Å². The number of hydrogen-bond acceptors (Lipinski definition) is 2. The van der Waals surface area contributed by atoms with Crippen LogP contribution < -0.4 is 4.74 Å². The zero-order chi connectivity index (χ0) is 15.2. The summed E-state index contributed by atoms with van der Waals surface area (Å²) in [4.78, 5) is 13.7. The first-order valence-electron chi connectivity index (χ1n) is 6.46. The molecule has 0 aromatic heterocycles. The fourth-order valence-corrected chi connectivity index (χ4v) is 1.99. The number of likely N-dealkylation sites (N-methyl/N-ethyl adjacent to an activating group) is 1. The molecule has 0 aliphatic rings. The molecule has 2 aromatic rings. The molecule has 0 saturated heterocycles. The van der Waals surface area contributed by atoms with Crippen LogP contribution in [0.5, 0.6) is 5.75 Å². The number of rotatable bonds is 5. The van der Waals surface area contributed by atoms with Crippen LogP contribution in [0.1, 0.15) is 10.4 Å². The molecule has 2 aromatic carbocycles. The smallest absolute Gasteiger partial charge is 0.255 e. The van der Waals surface area contributed by atoms with Crippen LogP contribution in [0.3, 0.4) is 0 Å². The van der Waals surface area contributed by atoms with E-state index in [0.29, 0.717) is 29.5 Å². The molecule has 0 bridgehead atoms. The third-order valence-electron chi connectivity index (χ3n) is 2.96. The summed E-state index contributed by atoms with van der Waals surface area (Å²) in [5, 5.41) is 0.425. The van der Waals surface area contributed by atoms with Crippen LogP contribution in [-0.4, -0.2) is 31.0 Å². The fraction of sp³-hybridized carbons (Fsp3) is 0.188. The lowest BCUT2D eigenvalue weighted by Gasteiger charge is -2.18. The second-order valence-electron chi connectivity index (χ2n) is 4.51. The average molecular weight is 308 g/mol. The highest BCUT2D eigenvalue weighted by molar-refractivity contribution is 6.33. The first kappa shape index (κ1) is 15.3. The number of benzene rings is 2. The van der Waals surface area contributed by atoms with Crippen molar-refractivity contribution in [3.63, 3.8) is 0 Å². The van der Waals surface area contributed by atoms with Gasteiger partial charge in [-0.1, -0.05) is 23.7 Å². The highest BCUT2D eigenvalue weighted by atomic mass is 35.5. The Morgan fingerprint density at radius 3 is 2.52 bits per heavy atom. The number of nitrogens with zero attached hydrogens (tertiary/aromatic N) is 1. The SMILES string of the molecule is CN(CCOc1ccc(F)cc1)C(=O)c1ccccc1Cl. The lowest BCUT2D eigenvalue weighted by atomic mass is 10.2. The Labute approximate surface area is 127 Å². The zero-order valence-electron chi connectivity index (χ0n) is 11.6. The average Bonchev–Trinajstić information content (AvgIpc) is 2.49. The van der Waals surface area contributed by atoms with E-state index >= 15 is 0 Å². The van der Waals surface area contributed by atoms with E-state index in [9.17, 15) is 9.18 Å². The number of carbonyl (C=O) groups is 1. The molecule has 0 aliphatic heterocycles. The van der Waals surface area contributed by atoms with Crippen LogP contribution in [0.4, 0.5) is 4.39 Å². The third-order valence-corrected chi connectivity index (χ3v) is 3.29. The van der Waals surface area contributed by atoms with E-state index in [-0.39, 0.29) is 11.7 Å². The molecule has 21 heavy (non-hydrogen) atoms. The summed E-state index contributed by atoms with van der Waals surface area (Å²) < 4.78 is 18.2. The van der Waals surface area contributed by atoms with Crippen LogP contribution in [0, 0.1) is 5.82 Å². The van der Waals surface area contributed by atoms with Crippen LogP contribution in [0.15, 0.2) is 48.5 Å². The van der Waals surface area contributed by atoms with Crippen LogP contribution in [-0.2, 0) is 0 Å². The van der Waals surface area contributed by atoms with Crippen LogP contribution in [0.2, 0.25) is 5.02 Å². The number of carbonyl (C=O) groups excluding carboxylic acids is 1. The van der Waals surface area contributed by atoms with Gasteiger partial charge in [0.25, 0.3) is 5.91 Å². The highest BCUT2D eigenvalue weighted by Gasteiger charge is 2.14. The van der Waals surface area contributed by atoms with Crippen molar-refractivity contribution in [2.24, 2.45) is 0 Å². The largest absolute Gasteiger partial charge is 0.492 e. The van der Waals surface area contributed by atoms with Gasteiger partial charge in [-0.2, -0.15) is 0 Å². The molecule has 0 radical (unpaired) electrons. The zero-order valence-corrected chi connectivity index (χ0v) is 12.3. The lowest BCUT2D eigenvalue weighted by molar-refractivity contribution is 0.0774. The summed E-state index contributed by atoms with van der Waals surface area (Å²) in [5.74, 6) is 0.0895.